The van der Waals surface area contributed by atoms with Crippen molar-refractivity contribution in [2.45, 2.75) is 19.4 Å². The smallest absolute Gasteiger partial charge is 0.214 e. The van der Waals surface area contributed by atoms with E-state index < -0.39 is 10.0 Å². The molecule has 1 fully saturated rings. The lowest BCUT2D eigenvalue weighted by Gasteiger charge is -2.16. The van der Waals surface area contributed by atoms with E-state index >= 15 is 0 Å². The normalized spacial score (nSPS) is 17.2. The highest BCUT2D eigenvalue weighted by atomic mass is 32.2. The molecule has 1 saturated heterocycles. The Morgan fingerprint density at radius 3 is 2.86 bits per heavy atom. The summed E-state index contributed by atoms with van der Waals surface area (Å²) in [6, 6.07) is 5.43. The zero-order valence-electron chi connectivity index (χ0n) is 12.0. The first-order valence-corrected chi connectivity index (χ1v) is 8.42. The van der Waals surface area contributed by atoms with E-state index in [-0.39, 0.29) is 12.4 Å². The summed E-state index contributed by atoms with van der Waals surface area (Å²) >= 11 is 0. The maximum atomic E-state index is 11.9. The summed E-state index contributed by atoms with van der Waals surface area (Å²) in [5, 5.41) is 8.78. The van der Waals surface area contributed by atoms with E-state index in [9.17, 15) is 8.42 Å². The van der Waals surface area contributed by atoms with Crippen molar-refractivity contribution in [3.8, 4) is 17.6 Å². The van der Waals surface area contributed by atoms with Gasteiger partial charge in [-0.1, -0.05) is 11.8 Å². The van der Waals surface area contributed by atoms with Gasteiger partial charge < -0.3 is 9.84 Å². The Bertz CT molecular complexity index is 658. The highest BCUT2D eigenvalue weighted by Crippen LogP contribution is 2.23. The van der Waals surface area contributed by atoms with Crippen LogP contribution in [-0.4, -0.2) is 43.8 Å². The highest BCUT2D eigenvalue weighted by Gasteiger charge is 2.28. The maximum absolute atomic E-state index is 11.9. The topological polar surface area (TPSA) is 66.8 Å². The number of nitrogens with zero attached hydrogens (tertiary/aromatic N) is 1. The Morgan fingerprint density at radius 1 is 1.43 bits per heavy atom. The van der Waals surface area contributed by atoms with Gasteiger partial charge >= 0.3 is 0 Å². The second kappa shape index (κ2) is 6.94. The van der Waals surface area contributed by atoms with Gasteiger partial charge in [0.15, 0.2) is 0 Å². The second-order valence-corrected chi connectivity index (χ2v) is 6.89. The third kappa shape index (κ3) is 3.97. The first-order chi connectivity index (χ1) is 10.1. The van der Waals surface area contributed by atoms with Crippen LogP contribution in [0.5, 0.6) is 5.75 Å². The minimum atomic E-state index is -3.14. The van der Waals surface area contributed by atoms with Gasteiger partial charge in [-0.15, -0.1) is 0 Å². The molecule has 2 rings (SSSR count). The summed E-state index contributed by atoms with van der Waals surface area (Å²) in [7, 11) is -1.57. The molecule has 0 unspecified atom stereocenters. The van der Waals surface area contributed by atoms with Crippen molar-refractivity contribution in [1.29, 1.82) is 0 Å². The Morgan fingerprint density at radius 2 is 2.24 bits per heavy atom. The van der Waals surface area contributed by atoms with Crippen LogP contribution < -0.4 is 4.74 Å². The molecule has 6 heteroatoms. The van der Waals surface area contributed by atoms with E-state index in [1.54, 1.807) is 13.2 Å². The molecule has 1 aromatic carbocycles. The van der Waals surface area contributed by atoms with Gasteiger partial charge in [0.25, 0.3) is 0 Å². The summed E-state index contributed by atoms with van der Waals surface area (Å²) in [4.78, 5) is 0. The standard InChI is InChI=1S/C15H19NO4S/c1-20-15-7-6-13(5-2-3-9-17)14(11-15)12-16-8-4-10-21(16,18)19/h6-7,11,17H,3-4,8-10,12H2,1H3. The van der Waals surface area contributed by atoms with Gasteiger partial charge in [-0.05, 0) is 30.2 Å². The molecule has 0 amide bonds. The third-order valence-corrected chi connectivity index (χ3v) is 5.23. The lowest BCUT2D eigenvalue weighted by atomic mass is 10.1. The van der Waals surface area contributed by atoms with E-state index in [1.807, 2.05) is 12.1 Å². The molecule has 1 N–H and O–H groups in total. The highest BCUT2D eigenvalue weighted by molar-refractivity contribution is 7.89. The molecular formula is C15H19NO4S. The van der Waals surface area contributed by atoms with Crippen LogP contribution in [0.25, 0.3) is 0 Å². The van der Waals surface area contributed by atoms with Crippen LogP contribution in [-0.2, 0) is 16.6 Å². The Labute approximate surface area is 125 Å². The zero-order chi connectivity index (χ0) is 15.3. The minimum absolute atomic E-state index is 0.0129. The Balaban J connectivity index is 2.29. The van der Waals surface area contributed by atoms with Crippen molar-refractivity contribution in [2.24, 2.45) is 0 Å². The predicted molar refractivity (Wildman–Crippen MR) is 80.4 cm³/mol. The third-order valence-electron chi connectivity index (χ3n) is 3.32. The van der Waals surface area contributed by atoms with Crippen molar-refractivity contribution in [1.82, 2.24) is 4.31 Å². The number of ether oxygens (including phenoxy) is 1. The second-order valence-electron chi connectivity index (χ2n) is 4.80. The van der Waals surface area contributed by atoms with Gasteiger partial charge in [-0.25, -0.2) is 8.42 Å². The molecule has 0 aliphatic carbocycles. The summed E-state index contributed by atoms with van der Waals surface area (Å²) in [5.41, 5.74) is 1.59. The summed E-state index contributed by atoms with van der Waals surface area (Å²) in [6.07, 6.45) is 1.06. The fourth-order valence-corrected chi connectivity index (χ4v) is 3.72. The van der Waals surface area contributed by atoms with Crippen molar-refractivity contribution in [3.05, 3.63) is 29.3 Å². The van der Waals surface area contributed by atoms with Crippen LogP contribution in [0.2, 0.25) is 0 Å². The van der Waals surface area contributed by atoms with Crippen LogP contribution in [0.4, 0.5) is 0 Å². The fraction of sp³-hybridized carbons (Fsp3) is 0.467. The monoisotopic (exact) mass is 309 g/mol. The fourth-order valence-electron chi connectivity index (χ4n) is 2.22. The first kappa shape index (κ1) is 15.8. The van der Waals surface area contributed by atoms with Gasteiger partial charge in [0, 0.05) is 25.1 Å². The molecule has 0 saturated carbocycles. The molecule has 1 aliphatic heterocycles. The van der Waals surface area contributed by atoms with E-state index in [0.717, 1.165) is 11.1 Å². The first-order valence-electron chi connectivity index (χ1n) is 6.81. The molecule has 1 aromatic rings. The quantitative estimate of drug-likeness (QED) is 0.842. The van der Waals surface area contributed by atoms with E-state index in [1.165, 1.54) is 4.31 Å². The lowest BCUT2D eigenvalue weighted by Crippen LogP contribution is -2.25. The number of hydrogen-bond acceptors (Lipinski definition) is 4. The average Bonchev–Trinajstić information content (AvgIpc) is 2.79. The summed E-state index contributed by atoms with van der Waals surface area (Å²) in [6.45, 7) is 0.866. The number of sulfonamides is 1. The molecule has 0 aromatic heterocycles. The van der Waals surface area contributed by atoms with Crippen molar-refractivity contribution in [2.75, 3.05) is 26.0 Å². The summed E-state index contributed by atoms with van der Waals surface area (Å²) < 4.78 is 30.5. The predicted octanol–water partition coefficient (Wildman–Crippen LogP) is 0.965. The van der Waals surface area contributed by atoms with Crippen molar-refractivity contribution < 1.29 is 18.3 Å². The minimum Gasteiger partial charge on any atom is -0.497 e. The molecule has 1 heterocycles. The van der Waals surface area contributed by atoms with Crippen molar-refractivity contribution in [3.63, 3.8) is 0 Å². The van der Waals surface area contributed by atoms with E-state index in [0.29, 0.717) is 31.7 Å². The van der Waals surface area contributed by atoms with Gasteiger partial charge in [0.2, 0.25) is 10.0 Å². The molecule has 5 nitrogen and oxygen atoms in total. The van der Waals surface area contributed by atoms with Crippen LogP contribution in [0, 0.1) is 11.8 Å². The molecule has 0 radical (unpaired) electrons. The van der Waals surface area contributed by atoms with E-state index in [2.05, 4.69) is 11.8 Å². The van der Waals surface area contributed by atoms with E-state index in [4.69, 9.17) is 9.84 Å². The average molecular weight is 309 g/mol. The Hall–Kier alpha value is -1.55. The molecular weight excluding hydrogens is 290 g/mol. The molecule has 1 aliphatic rings. The number of aliphatic hydroxyl groups is 1. The molecule has 21 heavy (non-hydrogen) atoms. The number of hydrogen-bond donors (Lipinski definition) is 1. The molecule has 0 atom stereocenters. The van der Waals surface area contributed by atoms with Gasteiger partial charge in [-0.2, -0.15) is 4.31 Å². The number of methoxy groups -OCH3 is 1. The van der Waals surface area contributed by atoms with Gasteiger partial charge in [0.1, 0.15) is 5.75 Å². The van der Waals surface area contributed by atoms with Gasteiger partial charge in [0.05, 0.1) is 19.5 Å². The molecule has 0 bridgehead atoms. The lowest BCUT2D eigenvalue weighted by molar-refractivity contribution is 0.305. The number of benzene rings is 1. The van der Waals surface area contributed by atoms with Crippen molar-refractivity contribution >= 4 is 10.0 Å². The number of rotatable bonds is 4. The van der Waals surface area contributed by atoms with Crippen LogP contribution in [0.3, 0.4) is 0 Å². The van der Waals surface area contributed by atoms with Crippen LogP contribution in [0.15, 0.2) is 18.2 Å². The number of aliphatic hydroxyl groups excluding tert-OH is 1. The Kier molecular flexibility index (Phi) is 5.23. The zero-order valence-corrected chi connectivity index (χ0v) is 12.8. The SMILES string of the molecule is COc1ccc(C#CCCO)c(CN2CCCS2(=O)=O)c1. The summed E-state index contributed by atoms with van der Waals surface area (Å²) in [5.74, 6) is 6.73. The van der Waals surface area contributed by atoms with Crippen LogP contribution >= 0.6 is 0 Å². The maximum Gasteiger partial charge on any atom is 0.214 e. The van der Waals surface area contributed by atoms with Crippen LogP contribution in [0.1, 0.15) is 24.0 Å². The molecule has 0 spiro atoms. The largest absolute Gasteiger partial charge is 0.497 e. The molecule has 114 valence electrons. The van der Waals surface area contributed by atoms with Gasteiger partial charge in [-0.3, -0.25) is 0 Å².